The van der Waals surface area contributed by atoms with Gasteiger partial charge in [-0.05, 0) is 28.7 Å². The Kier molecular flexibility index (Phi) is 4.68. The van der Waals surface area contributed by atoms with Crippen LogP contribution in [0.15, 0.2) is 53.4 Å². The molecule has 2 aromatic carbocycles. The number of halogens is 1. The highest BCUT2D eigenvalue weighted by Crippen LogP contribution is 2.64. The number of benzene rings is 2. The van der Waals surface area contributed by atoms with Crippen LogP contribution < -0.4 is 0 Å². The number of esters is 1. The van der Waals surface area contributed by atoms with Crippen molar-refractivity contribution in [3.8, 4) is 0 Å². The van der Waals surface area contributed by atoms with Gasteiger partial charge in [-0.3, -0.25) is 4.79 Å². The summed E-state index contributed by atoms with van der Waals surface area (Å²) in [6.45, 7) is 4.05. The van der Waals surface area contributed by atoms with E-state index < -0.39 is 0 Å². The van der Waals surface area contributed by atoms with Crippen LogP contribution in [0.5, 0.6) is 0 Å². The molecule has 0 aliphatic heterocycles. The van der Waals surface area contributed by atoms with Crippen LogP contribution in [0.4, 0.5) is 4.39 Å². The van der Waals surface area contributed by atoms with Crippen molar-refractivity contribution in [2.45, 2.75) is 30.4 Å². The van der Waals surface area contributed by atoms with E-state index in [1.807, 2.05) is 56.3 Å². The fraction of sp³-hybridized carbons (Fsp3) is 0.350. The van der Waals surface area contributed by atoms with Crippen molar-refractivity contribution in [1.82, 2.24) is 0 Å². The predicted octanol–water partition coefficient (Wildman–Crippen LogP) is 5.03. The fourth-order valence-corrected chi connectivity index (χ4v) is 4.27. The van der Waals surface area contributed by atoms with Crippen LogP contribution in [0.1, 0.15) is 30.9 Å². The topological polar surface area (TPSA) is 26.3 Å². The number of hydrogen-bond donors (Lipinski definition) is 0. The second-order valence-electron chi connectivity index (χ2n) is 6.76. The zero-order chi connectivity index (χ0) is 17.3. The van der Waals surface area contributed by atoms with E-state index in [2.05, 4.69) is 0 Å². The average Bonchev–Trinajstić information content (AvgIpc) is 3.16. The van der Waals surface area contributed by atoms with Gasteiger partial charge in [-0.15, -0.1) is 11.8 Å². The van der Waals surface area contributed by atoms with Crippen molar-refractivity contribution in [2.24, 2.45) is 11.3 Å². The van der Waals surface area contributed by atoms with Crippen molar-refractivity contribution in [3.63, 3.8) is 0 Å². The maximum absolute atomic E-state index is 14.5. The van der Waals surface area contributed by atoms with Crippen molar-refractivity contribution in [3.05, 3.63) is 65.5 Å². The molecule has 0 spiro atoms. The Morgan fingerprint density at radius 3 is 2.54 bits per heavy atom. The fourth-order valence-electron chi connectivity index (χ4n) is 3.39. The molecule has 0 N–H and O–H groups in total. The molecule has 0 bridgehead atoms. The second kappa shape index (κ2) is 6.60. The Morgan fingerprint density at radius 2 is 1.92 bits per heavy atom. The predicted molar refractivity (Wildman–Crippen MR) is 94.4 cm³/mol. The second-order valence-corrected chi connectivity index (χ2v) is 7.78. The van der Waals surface area contributed by atoms with Crippen molar-refractivity contribution in [2.75, 3.05) is 7.11 Å². The van der Waals surface area contributed by atoms with Crippen LogP contribution in [-0.4, -0.2) is 13.1 Å². The molecule has 126 valence electrons. The first-order chi connectivity index (χ1) is 11.4. The van der Waals surface area contributed by atoms with Gasteiger partial charge in [0.15, 0.2) is 0 Å². The lowest BCUT2D eigenvalue weighted by molar-refractivity contribution is -0.143. The SMILES string of the molecule is COC(=O)[C@H]1[C@H](c2ccc(SCc3ccccc3)c(F)c2)C1(C)C. The highest BCUT2D eigenvalue weighted by atomic mass is 32.2. The first kappa shape index (κ1) is 17.0. The van der Waals surface area contributed by atoms with Crippen LogP contribution in [0.25, 0.3) is 0 Å². The van der Waals surface area contributed by atoms with E-state index >= 15 is 0 Å². The van der Waals surface area contributed by atoms with Crippen molar-refractivity contribution < 1.29 is 13.9 Å². The van der Waals surface area contributed by atoms with E-state index in [-0.39, 0.29) is 29.0 Å². The summed E-state index contributed by atoms with van der Waals surface area (Å²) >= 11 is 1.49. The molecule has 1 fully saturated rings. The molecule has 2 nitrogen and oxygen atoms in total. The summed E-state index contributed by atoms with van der Waals surface area (Å²) in [4.78, 5) is 12.5. The van der Waals surface area contributed by atoms with Crippen molar-refractivity contribution >= 4 is 17.7 Å². The maximum atomic E-state index is 14.5. The molecule has 3 rings (SSSR count). The third-order valence-electron chi connectivity index (χ3n) is 4.83. The zero-order valence-corrected chi connectivity index (χ0v) is 14.9. The summed E-state index contributed by atoms with van der Waals surface area (Å²) in [6.07, 6.45) is 0. The molecule has 4 heteroatoms. The Labute approximate surface area is 146 Å². The van der Waals surface area contributed by atoms with Crippen LogP contribution in [0.2, 0.25) is 0 Å². The molecule has 2 aromatic rings. The molecule has 0 saturated heterocycles. The van der Waals surface area contributed by atoms with Gasteiger partial charge in [-0.25, -0.2) is 4.39 Å². The highest BCUT2D eigenvalue weighted by molar-refractivity contribution is 7.98. The molecular weight excluding hydrogens is 323 g/mol. The first-order valence-electron chi connectivity index (χ1n) is 7.99. The first-order valence-corrected chi connectivity index (χ1v) is 8.97. The van der Waals surface area contributed by atoms with Gasteiger partial charge >= 0.3 is 5.97 Å². The Morgan fingerprint density at radius 1 is 1.21 bits per heavy atom. The van der Waals surface area contributed by atoms with Crippen molar-refractivity contribution in [1.29, 1.82) is 0 Å². The number of ether oxygens (including phenoxy) is 1. The third kappa shape index (κ3) is 3.20. The Hall–Kier alpha value is -1.81. The molecule has 1 aliphatic rings. The van der Waals surface area contributed by atoms with Gasteiger partial charge in [0.05, 0.1) is 13.0 Å². The van der Waals surface area contributed by atoms with Gasteiger partial charge in [-0.2, -0.15) is 0 Å². The van der Waals surface area contributed by atoms with E-state index in [0.29, 0.717) is 4.90 Å². The highest BCUT2D eigenvalue weighted by Gasteiger charge is 2.63. The Balaban J connectivity index is 1.73. The molecule has 0 aromatic heterocycles. The Bertz CT molecular complexity index is 743. The summed E-state index contributed by atoms with van der Waals surface area (Å²) in [5.74, 6) is 0.126. The maximum Gasteiger partial charge on any atom is 0.309 e. The van der Waals surface area contributed by atoms with E-state index in [9.17, 15) is 9.18 Å². The monoisotopic (exact) mass is 344 g/mol. The molecule has 0 heterocycles. The minimum absolute atomic E-state index is 0.0209. The van der Waals surface area contributed by atoms with Crippen LogP contribution in [0, 0.1) is 17.2 Å². The summed E-state index contributed by atoms with van der Waals surface area (Å²) in [6, 6.07) is 15.3. The minimum Gasteiger partial charge on any atom is -0.469 e. The zero-order valence-electron chi connectivity index (χ0n) is 14.1. The van der Waals surface area contributed by atoms with E-state index in [1.165, 1.54) is 24.4 Å². The number of carbonyl (C=O) groups excluding carboxylic acids is 1. The number of methoxy groups -OCH3 is 1. The minimum atomic E-state index is -0.222. The molecule has 1 aliphatic carbocycles. The summed E-state index contributed by atoms with van der Waals surface area (Å²) < 4.78 is 19.3. The lowest BCUT2D eigenvalue weighted by Crippen LogP contribution is -2.07. The number of hydrogen-bond acceptors (Lipinski definition) is 3. The summed E-state index contributed by atoms with van der Waals surface area (Å²) in [5, 5.41) is 0. The standard InChI is InChI=1S/C20H21FO2S/c1-20(2)17(18(20)19(22)23-3)14-9-10-16(15(21)11-14)24-12-13-7-5-4-6-8-13/h4-11,17-18H,12H2,1-3H3/t17-,18+/m0/s1. The number of thioether (sulfide) groups is 1. The van der Waals surface area contributed by atoms with Crippen LogP contribution >= 0.6 is 11.8 Å². The molecule has 0 amide bonds. The molecule has 24 heavy (non-hydrogen) atoms. The third-order valence-corrected chi connectivity index (χ3v) is 5.95. The normalized spacial score (nSPS) is 21.3. The largest absolute Gasteiger partial charge is 0.469 e. The van der Waals surface area contributed by atoms with Gasteiger partial charge in [0.25, 0.3) is 0 Å². The molecule has 0 radical (unpaired) electrons. The number of rotatable bonds is 5. The van der Waals surface area contributed by atoms with Gasteiger partial charge < -0.3 is 4.74 Å². The molecule has 2 atom stereocenters. The van der Waals surface area contributed by atoms with Gasteiger partial charge in [0, 0.05) is 16.6 Å². The lowest BCUT2D eigenvalue weighted by atomic mass is 10.0. The van der Waals surface area contributed by atoms with E-state index in [1.54, 1.807) is 6.07 Å². The molecular formula is C20H21FO2S. The van der Waals surface area contributed by atoms with Gasteiger partial charge in [-0.1, -0.05) is 50.2 Å². The summed E-state index contributed by atoms with van der Waals surface area (Å²) in [5.41, 5.74) is 1.86. The lowest BCUT2D eigenvalue weighted by Gasteiger charge is -2.07. The average molecular weight is 344 g/mol. The van der Waals surface area contributed by atoms with Crippen LogP contribution in [0.3, 0.4) is 0 Å². The van der Waals surface area contributed by atoms with E-state index in [0.717, 1.165) is 11.3 Å². The van der Waals surface area contributed by atoms with Gasteiger partial charge in [0.1, 0.15) is 5.82 Å². The summed E-state index contributed by atoms with van der Waals surface area (Å²) in [7, 11) is 1.40. The smallest absolute Gasteiger partial charge is 0.309 e. The number of carbonyl (C=O) groups is 1. The van der Waals surface area contributed by atoms with E-state index in [4.69, 9.17) is 4.74 Å². The quantitative estimate of drug-likeness (QED) is 0.562. The van der Waals surface area contributed by atoms with Crippen LogP contribution in [-0.2, 0) is 15.3 Å². The molecule has 0 unspecified atom stereocenters. The molecule has 1 saturated carbocycles. The van der Waals surface area contributed by atoms with Gasteiger partial charge in [0.2, 0.25) is 0 Å².